The van der Waals surface area contributed by atoms with E-state index < -0.39 is 0 Å². The molecule has 3 heteroatoms. The van der Waals surface area contributed by atoms with Crippen molar-refractivity contribution in [2.24, 2.45) is 5.41 Å². The number of nitrogens with zero attached hydrogens (tertiary/aromatic N) is 1. The maximum atomic E-state index is 5.13. The van der Waals surface area contributed by atoms with Crippen LogP contribution in [0.25, 0.3) is 0 Å². The summed E-state index contributed by atoms with van der Waals surface area (Å²) in [6.07, 6.45) is 8.58. The van der Waals surface area contributed by atoms with Crippen molar-refractivity contribution in [2.75, 3.05) is 19.3 Å². The molecule has 0 aromatic carbocycles. The van der Waals surface area contributed by atoms with Gasteiger partial charge in [0.05, 0.1) is 12.5 Å². The molecule has 104 valence electrons. The third kappa shape index (κ3) is 4.69. The molecule has 0 spiro atoms. The van der Waals surface area contributed by atoms with Crippen LogP contribution in [0.2, 0.25) is 0 Å². The highest BCUT2D eigenvalue weighted by molar-refractivity contribution is 7.80. The molecule has 1 aromatic rings. The molecule has 0 fully saturated rings. The molecule has 1 aromatic heterocycles. The summed E-state index contributed by atoms with van der Waals surface area (Å²) >= 11 is 4.61. The van der Waals surface area contributed by atoms with E-state index in [1.54, 1.807) is 6.26 Å². The SMILES string of the molecule is CCCC(CS)(CCC)CN(C)Cc1ccoc1. The third-order valence-electron chi connectivity index (χ3n) is 3.53. The van der Waals surface area contributed by atoms with E-state index in [-0.39, 0.29) is 0 Å². The number of hydrogen-bond donors (Lipinski definition) is 1. The maximum Gasteiger partial charge on any atom is 0.0947 e. The van der Waals surface area contributed by atoms with Crippen LogP contribution in [0.1, 0.15) is 45.1 Å². The molecule has 0 saturated heterocycles. The second-order valence-electron chi connectivity index (χ2n) is 5.46. The second kappa shape index (κ2) is 7.90. The normalized spacial score (nSPS) is 12.3. The first kappa shape index (κ1) is 15.6. The lowest BCUT2D eigenvalue weighted by molar-refractivity contribution is 0.165. The van der Waals surface area contributed by atoms with Gasteiger partial charge < -0.3 is 9.32 Å². The lowest BCUT2D eigenvalue weighted by Crippen LogP contribution is -2.37. The fourth-order valence-electron chi connectivity index (χ4n) is 2.87. The fourth-order valence-corrected chi connectivity index (χ4v) is 3.29. The van der Waals surface area contributed by atoms with Gasteiger partial charge in [0.15, 0.2) is 0 Å². The van der Waals surface area contributed by atoms with Crippen LogP contribution in [0.5, 0.6) is 0 Å². The molecular formula is C15H27NOS. The van der Waals surface area contributed by atoms with Crippen LogP contribution >= 0.6 is 12.6 Å². The predicted octanol–water partition coefficient (Wildman–Crippen LogP) is 4.23. The Bertz CT molecular complexity index is 304. The number of thiol groups is 1. The minimum absolute atomic E-state index is 0.366. The van der Waals surface area contributed by atoms with E-state index in [0.717, 1.165) is 18.8 Å². The van der Waals surface area contributed by atoms with Gasteiger partial charge in [-0.15, -0.1) is 0 Å². The first-order valence-corrected chi connectivity index (χ1v) is 7.59. The molecule has 1 rings (SSSR count). The van der Waals surface area contributed by atoms with E-state index in [1.165, 1.54) is 31.2 Å². The summed E-state index contributed by atoms with van der Waals surface area (Å²) in [7, 11) is 2.19. The van der Waals surface area contributed by atoms with Gasteiger partial charge in [-0.05, 0) is 37.1 Å². The van der Waals surface area contributed by atoms with Crippen LogP contribution in [0.15, 0.2) is 23.0 Å². The summed E-state index contributed by atoms with van der Waals surface area (Å²) < 4.78 is 5.13. The highest BCUT2D eigenvalue weighted by atomic mass is 32.1. The fraction of sp³-hybridized carbons (Fsp3) is 0.733. The lowest BCUT2D eigenvalue weighted by atomic mass is 9.80. The monoisotopic (exact) mass is 269 g/mol. The van der Waals surface area contributed by atoms with E-state index in [0.29, 0.717) is 5.41 Å². The molecule has 0 unspecified atom stereocenters. The standard InChI is InChI=1S/C15H27NOS/c1-4-7-15(13-18,8-5-2)12-16(3)10-14-6-9-17-11-14/h6,9,11,18H,4-5,7-8,10,12-13H2,1-3H3. The van der Waals surface area contributed by atoms with E-state index in [1.807, 2.05) is 12.3 Å². The minimum Gasteiger partial charge on any atom is -0.472 e. The van der Waals surface area contributed by atoms with Gasteiger partial charge in [0.25, 0.3) is 0 Å². The molecule has 0 saturated carbocycles. The number of hydrogen-bond acceptors (Lipinski definition) is 3. The van der Waals surface area contributed by atoms with Crippen LogP contribution in [0.4, 0.5) is 0 Å². The molecule has 2 nitrogen and oxygen atoms in total. The zero-order chi connectivity index (χ0) is 13.4. The summed E-state index contributed by atoms with van der Waals surface area (Å²) in [5, 5.41) is 0. The molecule has 0 bridgehead atoms. The topological polar surface area (TPSA) is 16.4 Å². The van der Waals surface area contributed by atoms with Gasteiger partial charge >= 0.3 is 0 Å². The summed E-state index contributed by atoms with van der Waals surface area (Å²) in [5.41, 5.74) is 1.61. The summed E-state index contributed by atoms with van der Waals surface area (Å²) in [4.78, 5) is 2.40. The quantitative estimate of drug-likeness (QED) is 0.675. The summed E-state index contributed by atoms with van der Waals surface area (Å²) in [6.45, 7) is 6.61. The Balaban J connectivity index is 2.58. The summed E-state index contributed by atoms with van der Waals surface area (Å²) in [6, 6.07) is 2.04. The van der Waals surface area contributed by atoms with E-state index in [9.17, 15) is 0 Å². The first-order chi connectivity index (χ1) is 8.65. The Kier molecular flexibility index (Phi) is 6.87. The van der Waals surface area contributed by atoms with Crippen LogP contribution in [-0.4, -0.2) is 24.2 Å². The average Bonchev–Trinajstić information content (AvgIpc) is 2.82. The second-order valence-corrected chi connectivity index (χ2v) is 5.78. The zero-order valence-electron chi connectivity index (χ0n) is 12.0. The Morgan fingerprint density at radius 1 is 1.28 bits per heavy atom. The Morgan fingerprint density at radius 2 is 1.94 bits per heavy atom. The van der Waals surface area contributed by atoms with Crippen molar-refractivity contribution >= 4 is 12.6 Å². The van der Waals surface area contributed by atoms with Gasteiger partial charge in [-0.1, -0.05) is 26.7 Å². The Labute approximate surface area is 117 Å². The van der Waals surface area contributed by atoms with E-state index >= 15 is 0 Å². The molecule has 0 radical (unpaired) electrons. The van der Waals surface area contributed by atoms with E-state index in [2.05, 4.69) is 38.4 Å². The Morgan fingerprint density at radius 3 is 2.39 bits per heavy atom. The third-order valence-corrected chi connectivity index (χ3v) is 4.20. The van der Waals surface area contributed by atoms with Gasteiger partial charge in [-0.25, -0.2) is 0 Å². The number of rotatable bonds is 9. The van der Waals surface area contributed by atoms with Gasteiger partial charge in [-0.2, -0.15) is 12.6 Å². The van der Waals surface area contributed by atoms with Crippen molar-refractivity contribution in [2.45, 2.75) is 46.1 Å². The largest absolute Gasteiger partial charge is 0.472 e. The first-order valence-electron chi connectivity index (χ1n) is 6.96. The van der Waals surface area contributed by atoms with Gasteiger partial charge in [0.1, 0.15) is 0 Å². The highest BCUT2D eigenvalue weighted by Gasteiger charge is 2.28. The van der Waals surface area contributed by atoms with Crippen LogP contribution in [-0.2, 0) is 6.54 Å². The van der Waals surface area contributed by atoms with Crippen molar-refractivity contribution in [3.63, 3.8) is 0 Å². The van der Waals surface area contributed by atoms with Crippen molar-refractivity contribution in [1.82, 2.24) is 4.90 Å². The Hall–Kier alpha value is -0.410. The number of furan rings is 1. The van der Waals surface area contributed by atoms with Crippen LogP contribution in [0.3, 0.4) is 0 Å². The molecule has 0 N–H and O–H groups in total. The molecule has 0 aliphatic heterocycles. The van der Waals surface area contributed by atoms with Gasteiger partial charge in [0, 0.05) is 18.7 Å². The van der Waals surface area contributed by atoms with Crippen LogP contribution < -0.4 is 0 Å². The van der Waals surface area contributed by atoms with E-state index in [4.69, 9.17) is 4.42 Å². The molecule has 1 heterocycles. The summed E-state index contributed by atoms with van der Waals surface area (Å²) in [5.74, 6) is 0.977. The van der Waals surface area contributed by atoms with Crippen molar-refractivity contribution in [3.8, 4) is 0 Å². The average molecular weight is 269 g/mol. The molecule has 0 aliphatic carbocycles. The minimum atomic E-state index is 0.366. The van der Waals surface area contributed by atoms with Crippen molar-refractivity contribution in [3.05, 3.63) is 24.2 Å². The maximum absolute atomic E-state index is 5.13. The lowest BCUT2D eigenvalue weighted by Gasteiger charge is -2.36. The molecule has 0 aliphatic rings. The smallest absolute Gasteiger partial charge is 0.0947 e. The molecule has 18 heavy (non-hydrogen) atoms. The van der Waals surface area contributed by atoms with Crippen LogP contribution in [0, 0.1) is 5.41 Å². The van der Waals surface area contributed by atoms with Crippen molar-refractivity contribution < 1.29 is 4.42 Å². The molecular weight excluding hydrogens is 242 g/mol. The van der Waals surface area contributed by atoms with Crippen molar-refractivity contribution in [1.29, 1.82) is 0 Å². The van der Waals surface area contributed by atoms with Gasteiger partial charge in [0.2, 0.25) is 0 Å². The molecule has 0 amide bonds. The van der Waals surface area contributed by atoms with Gasteiger partial charge in [-0.3, -0.25) is 0 Å². The zero-order valence-corrected chi connectivity index (χ0v) is 12.9. The predicted molar refractivity (Wildman–Crippen MR) is 81.1 cm³/mol. The molecule has 0 atom stereocenters. The highest BCUT2D eigenvalue weighted by Crippen LogP contribution is 2.32.